The minimum absolute atomic E-state index is 0.651. The molecule has 0 unspecified atom stereocenters. The molecule has 3 heterocycles. The van der Waals surface area contributed by atoms with Crippen LogP contribution in [0.1, 0.15) is 0 Å². The second-order valence-corrected chi connectivity index (χ2v) is 8.59. The molecule has 3 aliphatic rings. The average Bonchev–Trinajstić information content (AvgIpc) is 2.83. The zero-order chi connectivity index (χ0) is 25.3. The number of rotatable bonds is 7. The predicted octanol–water partition coefficient (Wildman–Crippen LogP) is -7.67. The Labute approximate surface area is 194 Å². The normalized spacial score (nSPS) is 52.5. The van der Waals surface area contributed by atoms with Gasteiger partial charge in [-0.3, -0.25) is 0 Å². The molecule has 16 heteroatoms. The van der Waals surface area contributed by atoms with Crippen LogP contribution in [0, 0.1) is 0 Å². The lowest BCUT2D eigenvalue weighted by Crippen LogP contribution is -2.69. The number of hydrogen-bond acceptors (Lipinski definition) is 16. The van der Waals surface area contributed by atoms with Gasteiger partial charge in [-0.25, -0.2) is 0 Å². The maximum absolute atomic E-state index is 10.8. The Balaban J connectivity index is 1.72. The van der Waals surface area contributed by atoms with E-state index in [1.165, 1.54) is 0 Å². The van der Waals surface area contributed by atoms with Gasteiger partial charge in [0.25, 0.3) is 0 Å². The first kappa shape index (κ1) is 27.9. The number of ether oxygens (including phenoxy) is 5. The van der Waals surface area contributed by atoms with Crippen LogP contribution in [-0.2, 0) is 23.7 Å². The molecule has 16 nitrogen and oxygen atoms in total. The van der Waals surface area contributed by atoms with Gasteiger partial charge in [0, 0.05) is 0 Å². The summed E-state index contributed by atoms with van der Waals surface area (Å²) in [6, 6.07) is -3.87. The third-order valence-electron chi connectivity index (χ3n) is 6.33. The first-order valence-corrected chi connectivity index (χ1v) is 10.8. The third-order valence-corrected chi connectivity index (χ3v) is 6.33. The van der Waals surface area contributed by atoms with Gasteiger partial charge in [0.05, 0.1) is 37.9 Å². The highest BCUT2D eigenvalue weighted by atomic mass is 16.7. The van der Waals surface area contributed by atoms with Crippen molar-refractivity contribution in [3.05, 3.63) is 0 Å². The zero-order valence-electron chi connectivity index (χ0n) is 18.1. The molecular formula is C18H35N3O13. The topological polar surface area (TPSA) is 286 Å². The van der Waals surface area contributed by atoms with E-state index in [1.807, 2.05) is 0 Å². The summed E-state index contributed by atoms with van der Waals surface area (Å²) in [6.45, 7) is -2.00. The van der Waals surface area contributed by atoms with Gasteiger partial charge in [0.2, 0.25) is 0 Å². The van der Waals surface area contributed by atoms with Crippen LogP contribution >= 0.6 is 0 Å². The van der Waals surface area contributed by atoms with Crippen molar-refractivity contribution >= 4 is 0 Å². The van der Waals surface area contributed by atoms with Crippen LogP contribution in [0.4, 0.5) is 0 Å². The fraction of sp³-hybridized carbons (Fsp3) is 1.00. The molecule has 0 radical (unpaired) electrons. The summed E-state index contributed by atoms with van der Waals surface area (Å²) < 4.78 is 27.4. The van der Waals surface area contributed by atoms with Crippen molar-refractivity contribution in [1.82, 2.24) is 0 Å². The highest BCUT2D eigenvalue weighted by Gasteiger charge is 2.52. The lowest BCUT2D eigenvalue weighted by atomic mass is 9.94. The fourth-order valence-electron chi connectivity index (χ4n) is 4.18. The van der Waals surface area contributed by atoms with Crippen LogP contribution < -0.4 is 17.2 Å². The summed E-state index contributed by atoms with van der Waals surface area (Å²) in [4.78, 5) is 0. The van der Waals surface area contributed by atoms with E-state index in [2.05, 4.69) is 0 Å². The van der Waals surface area contributed by atoms with Crippen molar-refractivity contribution in [1.29, 1.82) is 0 Å². The molecule has 3 fully saturated rings. The van der Waals surface area contributed by atoms with Crippen molar-refractivity contribution in [2.24, 2.45) is 17.2 Å². The van der Waals surface area contributed by atoms with Crippen molar-refractivity contribution in [2.45, 2.75) is 91.9 Å². The summed E-state index contributed by atoms with van der Waals surface area (Å²) in [7, 11) is 0. The quantitative estimate of drug-likeness (QED) is 0.154. The second-order valence-electron chi connectivity index (χ2n) is 8.59. The molecule has 3 rings (SSSR count). The van der Waals surface area contributed by atoms with E-state index in [0.717, 1.165) is 0 Å². The van der Waals surface area contributed by atoms with Crippen molar-refractivity contribution in [2.75, 3.05) is 19.8 Å². The smallest absolute Gasteiger partial charge is 0.176 e. The monoisotopic (exact) mass is 501 g/mol. The Kier molecular flexibility index (Phi) is 9.54. The summed E-state index contributed by atoms with van der Waals surface area (Å²) >= 11 is 0. The van der Waals surface area contributed by atoms with Gasteiger partial charge in [-0.2, -0.15) is 0 Å². The minimum Gasteiger partial charge on any atom is -0.394 e. The lowest BCUT2D eigenvalue weighted by molar-refractivity contribution is -0.348. The van der Waals surface area contributed by atoms with E-state index in [1.54, 1.807) is 0 Å². The predicted molar refractivity (Wildman–Crippen MR) is 107 cm³/mol. The molecule has 3 aliphatic heterocycles. The Morgan fingerprint density at radius 1 is 0.529 bits per heavy atom. The maximum Gasteiger partial charge on any atom is 0.176 e. The summed E-state index contributed by atoms with van der Waals surface area (Å²) in [5, 5.41) is 79.6. The van der Waals surface area contributed by atoms with Crippen molar-refractivity contribution < 1.29 is 64.5 Å². The highest BCUT2D eigenvalue weighted by molar-refractivity contribution is 4.98. The van der Waals surface area contributed by atoms with Crippen molar-refractivity contribution in [3.63, 3.8) is 0 Å². The SMILES string of the molecule is N[C@@H]1[C@@H](O[C@@H]2[C@@H](O)[C@H](N)[C@@H](O)O[C@@H]2CO)O[C@H](CO)[C@H](O[C@H]2O[C@H](CO)[C@H](O)[C@@H](O)[C@H]2N)[C@H]1O. The molecule has 0 spiro atoms. The largest absolute Gasteiger partial charge is 0.394 e. The van der Waals surface area contributed by atoms with Gasteiger partial charge >= 0.3 is 0 Å². The van der Waals surface area contributed by atoms with Gasteiger partial charge in [0.1, 0.15) is 54.9 Å². The first-order chi connectivity index (χ1) is 16.0. The molecule has 3 saturated heterocycles. The van der Waals surface area contributed by atoms with E-state index < -0.39 is 112 Å². The van der Waals surface area contributed by atoms with Gasteiger partial charge < -0.3 is 81.7 Å². The van der Waals surface area contributed by atoms with Gasteiger partial charge in [-0.05, 0) is 0 Å². The summed E-state index contributed by atoms with van der Waals surface area (Å²) in [6.07, 6.45) is -16.8. The van der Waals surface area contributed by atoms with E-state index in [0.29, 0.717) is 0 Å². The molecule has 0 aromatic rings. The standard InChI is InChI=1S/C18H35N3O13/c19-7-12(27)14(5(2-23)30-16(7)29)33-18-9(21)13(28)15(6(3-24)32-18)34-17-8(20)11(26)10(25)4(1-22)31-17/h4-18,22-29H,1-3,19-21H2/t4-,5-,6-,7+,8-,9+,10+,11+,12+,13+,14+,15+,16+,17-,18-/m1/s1. The average molecular weight is 501 g/mol. The van der Waals surface area contributed by atoms with E-state index in [-0.39, 0.29) is 0 Å². The van der Waals surface area contributed by atoms with E-state index >= 15 is 0 Å². The van der Waals surface area contributed by atoms with Crippen molar-refractivity contribution in [3.8, 4) is 0 Å². The highest BCUT2D eigenvalue weighted by Crippen LogP contribution is 2.30. The Hall–Kier alpha value is -0.640. The molecule has 0 aromatic heterocycles. The molecule has 0 bridgehead atoms. The molecule has 15 atom stereocenters. The van der Waals surface area contributed by atoms with Crippen LogP contribution in [0.2, 0.25) is 0 Å². The first-order valence-electron chi connectivity index (χ1n) is 10.8. The van der Waals surface area contributed by atoms with Crippen LogP contribution in [-0.4, -0.2) is 153 Å². The van der Waals surface area contributed by atoms with Gasteiger partial charge in [-0.1, -0.05) is 0 Å². The Bertz CT molecular complexity index is 646. The maximum atomic E-state index is 10.8. The number of nitrogens with two attached hydrogens (primary N) is 3. The number of aliphatic hydroxyl groups is 8. The Morgan fingerprint density at radius 2 is 0.941 bits per heavy atom. The van der Waals surface area contributed by atoms with Crippen LogP contribution in [0.15, 0.2) is 0 Å². The number of aliphatic hydroxyl groups excluding tert-OH is 8. The van der Waals surface area contributed by atoms with Gasteiger partial charge in [0.15, 0.2) is 18.9 Å². The summed E-state index contributed by atoms with van der Waals surface area (Å²) in [5.74, 6) is 0. The fourth-order valence-corrected chi connectivity index (χ4v) is 4.18. The summed E-state index contributed by atoms with van der Waals surface area (Å²) in [5.41, 5.74) is 17.6. The molecule has 0 saturated carbocycles. The molecule has 0 aliphatic carbocycles. The molecule has 14 N–H and O–H groups in total. The van der Waals surface area contributed by atoms with Crippen LogP contribution in [0.3, 0.4) is 0 Å². The van der Waals surface area contributed by atoms with E-state index in [9.17, 15) is 40.9 Å². The zero-order valence-corrected chi connectivity index (χ0v) is 18.1. The molecule has 34 heavy (non-hydrogen) atoms. The molecule has 0 aromatic carbocycles. The van der Waals surface area contributed by atoms with Crippen LogP contribution in [0.5, 0.6) is 0 Å². The Morgan fingerprint density at radius 3 is 1.44 bits per heavy atom. The minimum atomic E-state index is -1.56. The van der Waals surface area contributed by atoms with Crippen LogP contribution in [0.25, 0.3) is 0 Å². The molecule has 200 valence electrons. The molecular weight excluding hydrogens is 466 g/mol. The number of hydrogen-bond donors (Lipinski definition) is 11. The second kappa shape index (κ2) is 11.6. The van der Waals surface area contributed by atoms with Gasteiger partial charge in [-0.15, -0.1) is 0 Å². The third kappa shape index (κ3) is 5.37. The lowest BCUT2D eigenvalue weighted by Gasteiger charge is -2.48. The molecule has 0 amide bonds. The van der Waals surface area contributed by atoms with E-state index in [4.69, 9.17) is 40.9 Å².